The molecule has 2 aliphatic rings. The Morgan fingerprint density at radius 1 is 1.11 bits per heavy atom. The van der Waals surface area contributed by atoms with Gasteiger partial charge in [0.25, 0.3) is 0 Å². The molecule has 4 rings (SSSR count). The van der Waals surface area contributed by atoms with Crippen LogP contribution in [-0.4, -0.2) is 87.7 Å². The minimum atomic E-state index is -0.988. The molecule has 0 saturated carbocycles. The van der Waals surface area contributed by atoms with E-state index in [1.165, 1.54) is 4.90 Å². The van der Waals surface area contributed by atoms with Crippen LogP contribution in [0.5, 0.6) is 0 Å². The third-order valence-corrected chi connectivity index (χ3v) is 7.27. The minimum absolute atomic E-state index is 0.104. The van der Waals surface area contributed by atoms with Gasteiger partial charge in [0.05, 0.1) is 6.20 Å². The molecular formula is C27H38FN7O3. The van der Waals surface area contributed by atoms with Gasteiger partial charge >= 0.3 is 6.09 Å². The Balaban J connectivity index is 1.47. The van der Waals surface area contributed by atoms with Crippen molar-refractivity contribution in [3.8, 4) is 0 Å². The van der Waals surface area contributed by atoms with Crippen LogP contribution in [0.3, 0.4) is 0 Å². The number of piperidine rings is 1. The third-order valence-electron chi connectivity index (χ3n) is 7.27. The number of carbonyl (C=O) groups excluding carboxylic acids is 1. The minimum Gasteiger partial charge on any atom is -0.465 e. The number of carbonyl (C=O) groups is 2. The summed E-state index contributed by atoms with van der Waals surface area (Å²) in [5.74, 6) is 0.0400. The third kappa shape index (κ3) is 6.43. The highest BCUT2D eigenvalue weighted by Crippen LogP contribution is 2.29. The number of rotatable bonds is 6. The van der Waals surface area contributed by atoms with Crippen LogP contribution in [0.1, 0.15) is 47.0 Å². The van der Waals surface area contributed by atoms with Crippen molar-refractivity contribution < 1.29 is 19.1 Å². The fourth-order valence-corrected chi connectivity index (χ4v) is 5.10. The van der Waals surface area contributed by atoms with Crippen LogP contribution in [-0.2, 0) is 4.79 Å². The van der Waals surface area contributed by atoms with Gasteiger partial charge in [-0.3, -0.25) is 4.79 Å². The molecular weight excluding hydrogens is 489 g/mol. The molecule has 0 radical (unpaired) electrons. The number of hydrogen-bond donors (Lipinski definition) is 2. The number of aromatic nitrogens is 2. The molecule has 3 heterocycles. The normalized spacial score (nSPS) is 18.3. The van der Waals surface area contributed by atoms with Crippen LogP contribution in [0.4, 0.5) is 32.3 Å². The van der Waals surface area contributed by atoms with Gasteiger partial charge in [-0.2, -0.15) is 4.98 Å². The Kier molecular flexibility index (Phi) is 8.23. The molecule has 2 amide bonds. The predicted molar refractivity (Wildman–Crippen MR) is 146 cm³/mol. The van der Waals surface area contributed by atoms with Gasteiger partial charge in [0, 0.05) is 69.1 Å². The second-order valence-electron chi connectivity index (χ2n) is 10.9. The number of nitrogens with zero attached hydrogens (tertiary/aromatic N) is 6. The second kappa shape index (κ2) is 11.4. The van der Waals surface area contributed by atoms with Crippen LogP contribution in [0.2, 0.25) is 0 Å². The number of anilines is 4. The molecule has 0 spiro atoms. The Bertz CT molecular complexity index is 1130. The summed E-state index contributed by atoms with van der Waals surface area (Å²) in [5.41, 5.74) is 1.27. The topological polar surface area (TPSA) is 105 Å². The van der Waals surface area contributed by atoms with Gasteiger partial charge in [-0.1, -0.05) is 0 Å². The molecule has 2 N–H and O–H groups in total. The lowest BCUT2D eigenvalue weighted by Gasteiger charge is -2.42. The number of amides is 2. The van der Waals surface area contributed by atoms with Gasteiger partial charge in [0.1, 0.15) is 0 Å². The van der Waals surface area contributed by atoms with E-state index in [0.717, 1.165) is 49.9 Å². The fraction of sp³-hybridized carbons (Fsp3) is 0.556. The SMILES string of the molecule is CC(=O)N1CCN(c2ccc(Nc3ncc(F)c(N4CCCCC4CN(C(=O)O)C(C)(C)C)n3)cc2)CC1. The number of piperazine rings is 1. The number of halogens is 1. The van der Waals surface area contributed by atoms with E-state index in [0.29, 0.717) is 19.6 Å². The maximum atomic E-state index is 15.0. The average molecular weight is 528 g/mol. The lowest BCUT2D eigenvalue weighted by atomic mass is 9.99. The molecule has 0 bridgehead atoms. The molecule has 1 aromatic carbocycles. The van der Waals surface area contributed by atoms with Gasteiger partial charge in [-0.05, 0) is 64.3 Å². The molecule has 2 aromatic rings. The van der Waals surface area contributed by atoms with E-state index in [1.807, 2.05) is 54.8 Å². The van der Waals surface area contributed by atoms with E-state index < -0.39 is 17.4 Å². The van der Waals surface area contributed by atoms with Crippen LogP contribution in [0.15, 0.2) is 30.5 Å². The van der Waals surface area contributed by atoms with Gasteiger partial charge in [-0.15, -0.1) is 0 Å². The zero-order chi connectivity index (χ0) is 27.4. The number of carboxylic acid groups (broad SMARTS) is 1. The zero-order valence-corrected chi connectivity index (χ0v) is 22.7. The highest BCUT2D eigenvalue weighted by atomic mass is 19.1. The molecule has 2 saturated heterocycles. The monoisotopic (exact) mass is 527 g/mol. The van der Waals surface area contributed by atoms with Crippen molar-refractivity contribution in [2.75, 3.05) is 54.4 Å². The first-order valence-corrected chi connectivity index (χ1v) is 13.2. The summed E-state index contributed by atoms with van der Waals surface area (Å²) in [6.45, 7) is 11.0. The van der Waals surface area contributed by atoms with Gasteiger partial charge in [-0.25, -0.2) is 14.2 Å². The van der Waals surface area contributed by atoms with Crippen molar-refractivity contribution in [2.45, 2.75) is 58.5 Å². The Morgan fingerprint density at radius 2 is 1.79 bits per heavy atom. The molecule has 0 aliphatic carbocycles. The van der Waals surface area contributed by atoms with Crippen molar-refractivity contribution in [3.63, 3.8) is 0 Å². The maximum Gasteiger partial charge on any atom is 0.407 e. The van der Waals surface area contributed by atoms with Crippen molar-refractivity contribution in [1.82, 2.24) is 19.8 Å². The predicted octanol–water partition coefficient (Wildman–Crippen LogP) is 4.17. The summed E-state index contributed by atoms with van der Waals surface area (Å²) in [6.07, 6.45) is 2.77. The van der Waals surface area contributed by atoms with Gasteiger partial charge in [0.15, 0.2) is 11.6 Å². The summed E-state index contributed by atoms with van der Waals surface area (Å²) in [4.78, 5) is 39.5. The summed E-state index contributed by atoms with van der Waals surface area (Å²) >= 11 is 0. The van der Waals surface area contributed by atoms with E-state index in [4.69, 9.17) is 0 Å². The fourth-order valence-electron chi connectivity index (χ4n) is 5.10. The summed E-state index contributed by atoms with van der Waals surface area (Å²) in [7, 11) is 0. The quantitative estimate of drug-likeness (QED) is 0.577. The first-order valence-electron chi connectivity index (χ1n) is 13.2. The number of nitrogens with one attached hydrogen (secondary N) is 1. The zero-order valence-electron chi connectivity index (χ0n) is 22.7. The van der Waals surface area contributed by atoms with Crippen molar-refractivity contribution in [3.05, 3.63) is 36.3 Å². The van der Waals surface area contributed by atoms with E-state index in [2.05, 4.69) is 20.2 Å². The summed E-state index contributed by atoms with van der Waals surface area (Å²) in [5, 5.41) is 12.9. The van der Waals surface area contributed by atoms with Gasteiger partial charge in [0.2, 0.25) is 11.9 Å². The lowest BCUT2D eigenvalue weighted by molar-refractivity contribution is -0.129. The Hall–Kier alpha value is -3.63. The van der Waals surface area contributed by atoms with E-state index in [-0.39, 0.29) is 30.3 Å². The molecule has 10 nitrogen and oxygen atoms in total. The van der Waals surface area contributed by atoms with Crippen LogP contribution < -0.4 is 15.1 Å². The van der Waals surface area contributed by atoms with Gasteiger partial charge < -0.3 is 30.0 Å². The van der Waals surface area contributed by atoms with Crippen LogP contribution >= 0.6 is 0 Å². The summed E-state index contributed by atoms with van der Waals surface area (Å²) in [6, 6.07) is 7.68. The Morgan fingerprint density at radius 3 is 2.39 bits per heavy atom. The van der Waals surface area contributed by atoms with Crippen LogP contribution in [0.25, 0.3) is 0 Å². The molecule has 1 unspecified atom stereocenters. The standard InChI is InChI=1S/C27H38FN7O3/c1-19(36)32-13-15-33(16-14-32)21-10-8-20(9-11-21)30-25-29-17-23(28)24(31-25)34-12-6-5-7-22(34)18-35(26(37)38)27(2,3)4/h8-11,17,22H,5-7,12-16,18H2,1-4H3,(H,37,38)(H,29,30,31). The molecule has 11 heteroatoms. The van der Waals surface area contributed by atoms with E-state index in [1.54, 1.807) is 6.92 Å². The largest absolute Gasteiger partial charge is 0.465 e. The molecule has 1 aromatic heterocycles. The highest BCUT2D eigenvalue weighted by Gasteiger charge is 2.34. The first-order chi connectivity index (χ1) is 18.0. The average Bonchev–Trinajstić information content (AvgIpc) is 2.88. The van der Waals surface area contributed by atoms with Crippen molar-refractivity contribution >= 4 is 35.1 Å². The molecule has 2 fully saturated rings. The highest BCUT2D eigenvalue weighted by molar-refractivity contribution is 5.73. The second-order valence-corrected chi connectivity index (χ2v) is 10.9. The van der Waals surface area contributed by atoms with E-state index >= 15 is 0 Å². The van der Waals surface area contributed by atoms with E-state index in [9.17, 15) is 19.1 Å². The van der Waals surface area contributed by atoms with Crippen LogP contribution in [0, 0.1) is 5.82 Å². The number of benzene rings is 1. The molecule has 2 aliphatic heterocycles. The number of hydrogen-bond acceptors (Lipinski definition) is 7. The summed E-state index contributed by atoms with van der Waals surface area (Å²) < 4.78 is 15.0. The molecule has 38 heavy (non-hydrogen) atoms. The van der Waals surface area contributed by atoms with Crippen molar-refractivity contribution in [1.29, 1.82) is 0 Å². The smallest absolute Gasteiger partial charge is 0.407 e. The lowest BCUT2D eigenvalue weighted by Crippen LogP contribution is -2.54. The maximum absolute atomic E-state index is 15.0. The molecule has 206 valence electrons. The first kappa shape index (κ1) is 27.4. The van der Waals surface area contributed by atoms with Crippen molar-refractivity contribution in [2.24, 2.45) is 0 Å². The Labute approximate surface area is 223 Å². The molecule has 1 atom stereocenters.